The summed E-state index contributed by atoms with van der Waals surface area (Å²) in [5.41, 5.74) is 0. The summed E-state index contributed by atoms with van der Waals surface area (Å²) in [5, 5.41) is 0. The van der Waals surface area contributed by atoms with Crippen LogP contribution in [0.25, 0.3) is 0 Å². The largest absolute Gasteiger partial charge is 0.0625 e. The predicted octanol–water partition coefficient (Wildman–Crippen LogP) is 4.35. The topological polar surface area (TPSA) is 0 Å². The Kier molecular flexibility index (Phi) is 2.91. The van der Waals surface area contributed by atoms with Crippen LogP contribution in [0.5, 0.6) is 0 Å². The van der Waals surface area contributed by atoms with Crippen LogP contribution in [0.4, 0.5) is 0 Å². The number of rotatable bonds is 2. The Morgan fingerprint density at radius 2 is 1.64 bits per heavy atom. The molecule has 0 nitrogen and oxygen atoms in total. The smallest absolute Gasteiger partial charge is 0.0329 e. The summed E-state index contributed by atoms with van der Waals surface area (Å²) in [7, 11) is 0. The van der Waals surface area contributed by atoms with Gasteiger partial charge in [0.1, 0.15) is 0 Å². The molecule has 0 aromatic heterocycles. The molecule has 0 saturated heterocycles. The Morgan fingerprint density at radius 1 is 0.929 bits per heavy atom. The number of fused-ring (bicyclic) bond motifs is 1. The van der Waals surface area contributed by atoms with E-state index in [-0.39, 0.29) is 0 Å². The molecule has 2 aliphatic rings. The quantitative estimate of drug-likeness (QED) is 0.613. The SMILES string of the molecule is CC(C)C1CC2CCCC2C1C(C)C. The van der Waals surface area contributed by atoms with Crippen molar-refractivity contribution < 1.29 is 0 Å². The standard InChI is InChI=1S/C14H26/c1-9(2)13-8-11-6-5-7-12(11)14(13)10(3)4/h9-14H,5-8H2,1-4H3. The van der Waals surface area contributed by atoms with E-state index in [1.54, 1.807) is 6.42 Å². The first kappa shape index (κ1) is 10.5. The first-order valence-corrected chi connectivity index (χ1v) is 6.61. The molecule has 2 saturated carbocycles. The Labute approximate surface area is 89.5 Å². The fourth-order valence-corrected chi connectivity index (χ4v) is 4.39. The molecule has 0 N–H and O–H groups in total. The highest BCUT2D eigenvalue weighted by Gasteiger charge is 2.46. The molecule has 0 aromatic carbocycles. The van der Waals surface area contributed by atoms with Crippen LogP contribution >= 0.6 is 0 Å². The zero-order valence-corrected chi connectivity index (χ0v) is 10.3. The molecule has 0 aromatic rings. The minimum Gasteiger partial charge on any atom is -0.0625 e. The first-order chi connectivity index (χ1) is 6.61. The van der Waals surface area contributed by atoms with E-state index >= 15 is 0 Å². The van der Waals surface area contributed by atoms with Gasteiger partial charge in [0, 0.05) is 0 Å². The lowest BCUT2D eigenvalue weighted by Crippen LogP contribution is -2.24. The third-order valence-corrected chi connectivity index (χ3v) is 4.91. The van der Waals surface area contributed by atoms with Gasteiger partial charge in [-0.1, -0.05) is 40.5 Å². The molecule has 4 unspecified atom stereocenters. The average Bonchev–Trinajstić information content (AvgIpc) is 2.58. The van der Waals surface area contributed by atoms with Crippen LogP contribution in [0.2, 0.25) is 0 Å². The minimum atomic E-state index is 0.910. The van der Waals surface area contributed by atoms with Crippen LogP contribution in [-0.4, -0.2) is 0 Å². The average molecular weight is 194 g/mol. The summed E-state index contributed by atoms with van der Waals surface area (Å²) in [4.78, 5) is 0. The molecule has 2 rings (SSSR count). The van der Waals surface area contributed by atoms with Crippen LogP contribution in [0, 0.1) is 35.5 Å². The maximum Gasteiger partial charge on any atom is -0.0329 e. The van der Waals surface area contributed by atoms with Crippen LogP contribution in [0.1, 0.15) is 53.4 Å². The van der Waals surface area contributed by atoms with Gasteiger partial charge in [-0.2, -0.15) is 0 Å². The van der Waals surface area contributed by atoms with E-state index in [0.717, 1.165) is 35.5 Å². The second kappa shape index (κ2) is 3.87. The Balaban J connectivity index is 2.13. The molecule has 0 aliphatic heterocycles. The number of hydrogen-bond donors (Lipinski definition) is 0. The lowest BCUT2D eigenvalue weighted by molar-refractivity contribution is 0.185. The third-order valence-electron chi connectivity index (χ3n) is 4.91. The van der Waals surface area contributed by atoms with Gasteiger partial charge in [0.25, 0.3) is 0 Å². The van der Waals surface area contributed by atoms with E-state index in [4.69, 9.17) is 0 Å². The fraction of sp³-hybridized carbons (Fsp3) is 1.00. The maximum atomic E-state index is 2.45. The van der Waals surface area contributed by atoms with Crippen molar-refractivity contribution in [2.45, 2.75) is 53.4 Å². The van der Waals surface area contributed by atoms with Gasteiger partial charge in [-0.3, -0.25) is 0 Å². The van der Waals surface area contributed by atoms with Gasteiger partial charge in [0.2, 0.25) is 0 Å². The van der Waals surface area contributed by atoms with Crippen LogP contribution in [0.3, 0.4) is 0 Å². The van der Waals surface area contributed by atoms with E-state index in [1.807, 2.05) is 0 Å². The summed E-state index contributed by atoms with van der Waals surface area (Å²) >= 11 is 0. The molecule has 0 heterocycles. The van der Waals surface area contributed by atoms with Crippen molar-refractivity contribution in [3.63, 3.8) is 0 Å². The van der Waals surface area contributed by atoms with Crippen molar-refractivity contribution in [3.05, 3.63) is 0 Å². The second-order valence-corrected chi connectivity index (χ2v) is 6.32. The van der Waals surface area contributed by atoms with Crippen molar-refractivity contribution in [3.8, 4) is 0 Å². The molecule has 0 amide bonds. The third kappa shape index (κ3) is 1.61. The van der Waals surface area contributed by atoms with Crippen LogP contribution < -0.4 is 0 Å². The van der Waals surface area contributed by atoms with Gasteiger partial charge in [-0.25, -0.2) is 0 Å². The lowest BCUT2D eigenvalue weighted by atomic mass is 9.75. The van der Waals surface area contributed by atoms with Gasteiger partial charge < -0.3 is 0 Å². The monoisotopic (exact) mass is 194 g/mol. The summed E-state index contributed by atoms with van der Waals surface area (Å²) in [5.74, 6) is 6.11. The van der Waals surface area contributed by atoms with Crippen molar-refractivity contribution in [1.29, 1.82) is 0 Å². The maximum absolute atomic E-state index is 2.45. The van der Waals surface area contributed by atoms with E-state index in [9.17, 15) is 0 Å². The Morgan fingerprint density at radius 3 is 2.21 bits per heavy atom. The molecule has 14 heavy (non-hydrogen) atoms. The van der Waals surface area contributed by atoms with E-state index in [1.165, 1.54) is 19.3 Å². The Bertz CT molecular complexity index is 192. The van der Waals surface area contributed by atoms with E-state index in [2.05, 4.69) is 27.7 Å². The predicted molar refractivity (Wildman–Crippen MR) is 62.1 cm³/mol. The lowest BCUT2D eigenvalue weighted by Gasteiger charge is -2.30. The fourth-order valence-electron chi connectivity index (χ4n) is 4.39. The number of hydrogen-bond acceptors (Lipinski definition) is 0. The molecule has 82 valence electrons. The van der Waals surface area contributed by atoms with Gasteiger partial charge in [-0.05, 0) is 48.3 Å². The van der Waals surface area contributed by atoms with Crippen molar-refractivity contribution in [2.75, 3.05) is 0 Å². The molecular formula is C14H26. The van der Waals surface area contributed by atoms with Gasteiger partial charge in [0.05, 0.1) is 0 Å². The molecule has 0 spiro atoms. The highest BCUT2D eigenvalue weighted by atomic mass is 14.5. The Hall–Kier alpha value is 0. The van der Waals surface area contributed by atoms with Crippen LogP contribution in [0.15, 0.2) is 0 Å². The minimum absolute atomic E-state index is 0.910. The zero-order valence-electron chi connectivity index (χ0n) is 10.3. The highest BCUT2D eigenvalue weighted by molar-refractivity contribution is 4.96. The second-order valence-electron chi connectivity index (χ2n) is 6.32. The van der Waals surface area contributed by atoms with Gasteiger partial charge >= 0.3 is 0 Å². The molecule has 0 radical (unpaired) electrons. The summed E-state index contributed by atoms with van der Waals surface area (Å²) in [6, 6.07) is 0. The molecule has 4 atom stereocenters. The van der Waals surface area contributed by atoms with E-state index < -0.39 is 0 Å². The molecule has 2 aliphatic carbocycles. The van der Waals surface area contributed by atoms with Crippen molar-refractivity contribution in [2.24, 2.45) is 35.5 Å². The molecule has 0 heteroatoms. The summed E-state index contributed by atoms with van der Waals surface area (Å²) < 4.78 is 0. The molecule has 0 bridgehead atoms. The molecule has 2 fully saturated rings. The highest BCUT2D eigenvalue weighted by Crippen LogP contribution is 2.54. The van der Waals surface area contributed by atoms with Crippen molar-refractivity contribution >= 4 is 0 Å². The summed E-state index contributed by atoms with van der Waals surface area (Å²) in [6.07, 6.45) is 6.14. The van der Waals surface area contributed by atoms with Gasteiger partial charge in [-0.15, -0.1) is 0 Å². The molecular weight excluding hydrogens is 168 g/mol. The van der Waals surface area contributed by atoms with Crippen LogP contribution in [-0.2, 0) is 0 Å². The van der Waals surface area contributed by atoms with E-state index in [0.29, 0.717) is 0 Å². The zero-order chi connectivity index (χ0) is 10.3. The normalized spacial score (nSPS) is 42.4. The summed E-state index contributed by atoms with van der Waals surface area (Å²) in [6.45, 7) is 9.75. The first-order valence-electron chi connectivity index (χ1n) is 6.61. The van der Waals surface area contributed by atoms with Crippen molar-refractivity contribution in [1.82, 2.24) is 0 Å². The van der Waals surface area contributed by atoms with Gasteiger partial charge in [0.15, 0.2) is 0 Å².